The Morgan fingerprint density at radius 3 is 2.74 bits per heavy atom. The van der Waals surface area contributed by atoms with Crippen molar-refractivity contribution in [3.8, 4) is 17.0 Å². The van der Waals surface area contributed by atoms with E-state index in [4.69, 9.17) is 9.84 Å². The molecule has 5 rings (SSSR count). The van der Waals surface area contributed by atoms with Crippen LogP contribution < -0.4 is 15.4 Å². The molecule has 4 aromatic rings. The van der Waals surface area contributed by atoms with Crippen LogP contribution in [0.4, 0.5) is 11.6 Å². The summed E-state index contributed by atoms with van der Waals surface area (Å²) in [5.74, 6) is 1.27. The summed E-state index contributed by atoms with van der Waals surface area (Å²) in [6, 6.07) is 19.7. The van der Waals surface area contributed by atoms with Gasteiger partial charge in [-0.05, 0) is 67.9 Å². The molecule has 0 unspecified atom stereocenters. The van der Waals surface area contributed by atoms with Gasteiger partial charge in [-0.15, -0.1) is 5.10 Å². The molecule has 3 N–H and O–H groups in total. The number of hydrogen-bond acceptors (Lipinski definition) is 6. The number of hydrogen-bond donors (Lipinski definition) is 3. The second kappa shape index (κ2) is 8.02. The summed E-state index contributed by atoms with van der Waals surface area (Å²) in [5, 5.41) is 22.3. The minimum absolute atomic E-state index is 0.481. The van der Waals surface area contributed by atoms with Gasteiger partial charge >= 0.3 is 0 Å². The Morgan fingerprint density at radius 1 is 1.06 bits per heavy atom. The molecule has 7 nitrogen and oxygen atoms in total. The lowest BCUT2D eigenvalue weighted by Gasteiger charge is -2.33. The van der Waals surface area contributed by atoms with E-state index in [1.54, 1.807) is 13.3 Å². The van der Waals surface area contributed by atoms with E-state index in [1.807, 2.05) is 65.2 Å². The molecule has 0 spiro atoms. The maximum Gasteiger partial charge on any atom is 0.245 e. The molecule has 1 aliphatic rings. The van der Waals surface area contributed by atoms with Crippen LogP contribution in [-0.2, 0) is 5.60 Å². The summed E-state index contributed by atoms with van der Waals surface area (Å²) >= 11 is 0. The van der Waals surface area contributed by atoms with E-state index >= 15 is 0 Å². The SMILES string of the molecule is COc1ccccc1-c1ccc2cnc(Nc3cccc(C4(O)CCNCC4)c3)nn12. The number of aromatic nitrogens is 3. The number of ether oxygens (including phenoxy) is 1. The van der Waals surface area contributed by atoms with Crippen molar-refractivity contribution < 1.29 is 9.84 Å². The molecule has 0 amide bonds. The number of fused-ring (bicyclic) bond motifs is 1. The number of anilines is 2. The first-order chi connectivity index (χ1) is 15.2. The van der Waals surface area contributed by atoms with Crippen LogP contribution in [0.25, 0.3) is 16.8 Å². The number of nitrogens with zero attached hydrogens (tertiary/aromatic N) is 3. The van der Waals surface area contributed by atoms with E-state index in [9.17, 15) is 5.11 Å². The molecule has 31 heavy (non-hydrogen) atoms. The molecule has 1 aliphatic heterocycles. The van der Waals surface area contributed by atoms with Crippen LogP contribution in [0.3, 0.4) is 0 Å². The topological polar surface area (TPSA) is 83.7 Å². The molecule has 0 radical (unpaired) electrons. The molecule has 7 heteroatoms. The van der Waals surface area contributed by atoms with Crippen LogP contribution in [0.2, 0.25) is 0 Å². The van der Waals surface area contributed by atoms with Crippen molar-refractivity contribution in [1.82, 2.24) is 19.9 Å². The van der Waals surface area contributed by atoms with Crippen molar-refractivity contribution in [2.45, 2.75) is 18.4 Å². The van der Waals surface area contributed by atoms with Crippen molar-refractivity contribution in [3.05, 3.63) is 72.4 Å². The Morgan fingerprint density at radius 2 is 1.90 bits per heavy atom. The van der Waals surface area contributed by atoms with Crippen LogP contribution in [-0.4, -0.2) is 39.9 Å². The number of nitrogens with one attached hydrogen (secondary N) is 2. The summed E-state index contributed by atoms with van der Waals surface area (Å²) in [4.78, 5) is 4.46. The minimum Gasteiger partial charge on any atom is -0.496 e. The van der Waals surface area contributed by atoms with Crippen LogP contribution >= 0.6 is 0 Å². The molecule has 1 fully saturated rings. The van der Waals surface area contributed by atoms with Gasteiger partial charge in [0.2, 0.25) is 5.95 Å². The fraction of sp³-hybridized carbons (Fsp3) is 0.250. The Balaban J connectivity index is 1.47. The Hall–Kier alpha value is -3.42. The zero-order valence-corrected chi connectivity index (χ0v) is 17.4. The third kappa shape index (κ3) is 3.73. The monoisotopic (exact) mass is 415 g/mol. The normalized spacial score (nSPS) is 15.7. The van der Waals surface area contributed by atoms with E-state index in [0.29, 0.717) is 18.8 Å². The molecule has 0 atom stereocenters. The predicted molar refractivity (Wildman–Crippen MR) is 121 cm³/mol. The number of aliphatic hydroxyl groups is 1. The highest BCUT2D eigenvalue weighted by Crippen LogP contribution is 2.33. The van der Waals surface area contributed by atoms with Crippen LogP contribution in [0.1, 0.15) is 18.4 Å². The lowest BCUT2D eigenvalue weighted by molar-refractivity contribution is 0.00599. The van der Waals surface area contributed by atoms with Crippen LogP contribution in [0.15, 0.2) is 66.9 Å². The summed E-state index contributed by atoms with van der Waals surface area (Å²) in [7, 11) is 1.67. The van der Waals surface area contributed by atoms with Crippen molar-refractivity contribution in [1.29, 1.82) is 0 Å². The van der Waals surface area contributed by atoms with Crippen molar-refractivity contribution in [3.63, 3.8) is 0 Å². The average Bonchev–Trinajstić information content (AvgIpc) is 3.23. The van der Waals surface area contributed by atoms with Gasteiger partial charge in [-0.1, -0.05) is 24.3 Å². The first-order valence-electron chi connectivity index (χ1n) is 10.5. The molecular formula is C24H25N5O2. The third-order valence-electron chi connectivity index (χ3n) is 5.87. The summed E-state index contributed by atoms with van der Waals surface area (Å²) in [5.41, 5.74) is 3.74. The molecule has 2 aromatic heterocycles. The van der Waals surface area contributed by atoms with Gasteiger partial charge in [-0.25, -0.2) is 9.50 Å². The highest BCUT2D eigenvalue weighted by Gasteiger charge is 2.31. The molecule has 1 saturated heterocycles. The van der Waals surface area contributed by atoms with Crippen molar-refractivity contribution >= 4 is 17.2 Å². The third-order valence-corrected chi connectivity index (χ3v) is 5.87. The van der Waals surface area contributed by atoms with Gasteiger partial charge in [0.05, 0.1) is 30.1 Å². The Kier molecular flexibility index (Phi) is 5.05. The van der Waals surface area contributed by atoms with Gasteiger partial charge in [0.1, 0.15) is 5.75 Å². The number of benzene rings is 2. The van der Waals surface area contributed by atoms with E-state index in [0.717, 1.165) is 46.9 Å². The van der Waals surface area contributed by atoms with E-state index < -0.39 is 5.60 Å². The fourth-order valence-corrected chi connectivity index (χ4v) is 4.16. The maximum absolute atomic E-state index is 11.0. The highest BCUT2D eigenvalue weighted by atomic mass is 16.5. The molecule has 2 aromatic carbocycles. The van der Waals surface area contributed by atoms with Crippen molar-refractivity contribution in [2.75, 3.05) is 25.5 Å². The van der Waals surface area contributed by atoms with Gasteiger partial charge in [0.25, 0.3) is 0 Å². The lowest BCUT2D eigenvalue weighted by Crippen LogP contribution is -2.39. The number of methoxy groups -OCH3 is 1. The summed E-state index contributed by atoms with van der Waals surface area (Å²) in [6.07, 6.45) is 3.19. The van der Waals surface area contributed by atoms with Crippen LogP contribution in [0, 0.1) is 0 Å². The highest BCUT2D eigenvalue weighted by molar-refractivity contribution is 5.72. The lowest BCUT2D eigenvalue weighted by atomic mass is 9.85. The van der Waals surface area contributed by atoms with Crippen molar-refractivity contribution in [2.24, 2.45) is 0 Å². The number of para-hydroxylation sites is 1. The standard InChI is InChI=1S/C24H25N5O2/c1-31-22-8-3-2-7-20(22)21-10-9-19-16-26-23(28-29(19)21)27-18-6-4-5-17(15-18)24(30)11-13-25-14-12-24/h2-10,15-16,25,30H,11-14H2,1H3,(H,27,28). The first-order valence-corrected chi connectivity index (χ1v) is 10.5. The first kappa shape index (κ1) is 19.5. The van der Waals surface area contributed by atoms with Gasteiger partial charge in [0.15, 0.2) is 0 Å². The Labute approximate surface area is 180 Å². The summed E-state index contributed by atoms with van der Waals surface area (Å²) in [6.45, 7) is 1.63. The number of rotatable bonds is 5. The molecule has 0 saturated carbocycles. The smallest absolute Gasteiger partial charge is 0.245 e. The zero-order valence-electron chi connectivity index (χ0n) is 17.4. The number of piperidine rings is 1. The van der Waals surface area contributed by atoms with Gasteiger partial charge in [-0.3, -0.25) is 0 Å². The van der Waals surface area contributed by atoms with Gasteiger partial charge in [0, 0.05) is 11.3 Å². The molecule has 158 valence electrons. The Bertz CT molecular complexity index is 1210. The van der Waals surface area contributed by atoms with E-state index in [1.165, 1.54) is 0 Å². The fourth-order valence-electron chi connectivity index (χ4n) is 4.16. The second-order valence-corrected chi connectivity index (χ2v) is 7.82. The molecule has 0 bridgehead atoms. The predicted octanol–water partition coefficient (Wildman–Crippen LogP) is 3.72. The van der Waals surface area contributed by atoms with Crippen LogP contribution in [0.5, 0.6) is 5.75 Å². The average molecular weight is 415 g/mol. The zero-order chi connectivity index (χ0) is 21.3. The minimum atomic E-state index is -0.800. The quantitative estimate of drug-likeness (QED) is 0.461. The van der Waals surface area contributed by atoms with E-state index in [-0.39, 0.29) is 0 Å². The second-order valence-electron chi connectivity index (χ2n) is 7.82. The molecule has 3 heterocycles. The van der Waals surface area contributed by atoms with Gasteiger partial charge in [-0.2, -0.15) is 0 Å². The molecule has 0 aliphatic carbocycles. The molecular weight excluding hydrogens is 390 g/mol. The largest absolute Gasteiger partial charge is 0.496 e. The maximum atomic E-state index is 11.0. The van der Waals surface area contributed by atoms with E-state index in [2.05, 4.69) is 15.6 Å². The van der Waals surface area contributed by atoms with Gasteiger partial charge < -0.3 is 20.5 Å². The summed E-state index contributed by atoms with van der Waals surface area (Å²) < 4.78 is 7.38.